The summed E-state index contributed by atoms with van der Waals surface area (Å²) in [7, 11) is 3.67. The third kappa shape index (κ3) is 4.12. The average molecular weight is 278 g/mol. The largest absolute Gasteiger partial charge is 0.508 e. The van der Waals surface area contributed by atoms with Crippen LogP contribution in [0.25, 0.3) is 0 Å². The number of rotatable bonds is 6. The second kappa shape index (κ2) is 7.50. The number of ether oxygens (including phenoxy) is 1. The molecule has 1 aromatic rings. The summed E-state index contributed by atoms with van der Waals surface area (Å²) in [5, 5.41) is 13.2. The summed E-state index contributed by atoms with van der Waals surface area (Å²) >= 11 is 0. The minimum absolute atomic E-state index is 0.364. The number of hydrogen-bond donors (Lipinski definition) is 2. The molecule has 4 heteroatoms. The van der Waals surface area contributed by atoms with E-state index < -0.39 is 0 Å². The van der Waals surface area contributed by atoms with E-state index in [1.807, 2.05) is 13.1 Å². The lowest BCUT2D eigenvalue weighted by Gasteiger charge is -2.32. The first-order valence-electron chi connectivity index (χ1n) is 7.45. The van der Waals surface area contributed by atoms with Crippen molar-refractivity contribution in [3.8, 4) is 11.5 Å². The number of phenols is 1. The van der Waals surface area contributed by atoms with Gasteiger partial charge in [-0.1, -0.05) is 0 Å². The molecule has 0 bridgehead atoms. The van der Waals surface area contributed by atoms with E-state index in [-0.39, 0.29) is 0 Å². The summed E-state index contributed by atoms with van der Waals surface area (Å²) < 4.78 is 5.22. The summed E-state index contributed by atoms with van der Waals surface area (Å²) in [4.78, 5) is 2.42. The highest BCUT2D eigenvalue weighted by Gasteiger charge is 2.19. The Balaban J connectivity index is 1.86. The Morgan fingerprint density at radius 2 is 2.10 bits per heavy atom. The quantitative estimate of drug-likeness (QED) is 0.837. The van der Waals surface area contributed by atoms with Gasteiger partial charge in [0.05, 0.1) is 7.11 Å². The van der Waals surface area contributed by atoms with Gasteiger partial charge in [-0.05, 0) is 70.1 Å². The summed E-state index contributed by atoms with van der Waals surface area (Å²) in [6, 6.07) is 5.44. The van der Waals surface area contributed by atoms with E-state index in [9.17, 15) is 5.11 Å². The number of likely N-dealkylation sites (tertiary alicyclic amines) is 1. The molecule has 1 aliphatic heterocycles. The van der Waals surface area contributed by atoms with Crippen molar-refractivity contribution in [3.05, 3.63) is 23.8 Å². The fourth-order valence-electron chi connectivity index (χ4n) is 2.84. The lowest BCUT2D eigenvalue weighted by Crippen LogP contribution is -2.34. The SMILES string of the molecule is CNCCC1CCN(Cc2cc(OC)ccc2O)CC1. The van der Waals surface area contributed by atoms with Crippen LogP contribution in [0.1, 0.15) is 24.8 Å². The van der Waals surface area contributed by atoms with Gasteiger partial charge >= 0.3 is 0 Å². The standard InChI is InChI=1S/C16H26N2O2/c1-17-8-5-13-6-9-18(10-7-13)12-14-11-15(20-2)3-4-16(14)19/h3-4,11,13,17,19H,5-10,12H2,1-2H3. The molecule has 20 heavy (non-hydrogen) atoms. The molecular formula is C16H26N2O2. The van der Waals surface area contributed by atoms with Crippen LogP contribution in [-0.4, -0.2) is 43.8 Å². The third-order valence-corrected chi connectivity index (χ3v) is 4.19. The molecule has 0 atom stereocenters. The van der Waals surface area contributed by atoms with Crippen molar-refractivity contribution >= 4 is 0 Å². The zero-order valence-corrected chi connectivity index (χ0v) is 12.6. The van der Waals surface area contributed by atoms with Crippen molar-refractivity contribution in [3.63, 3.8) is 0 Å². The second-order valence-corrected chi connectivity index (χ2v) is 5.61. The molecule has 1 fully saturated rings. The molecule has 0 saturated carbocycles. The van der Waals surface area contributed by atoms with Gasteiger partial charge in [0.2, 0.25) is 0 Å². The van der Waals surface area contributed by atoms with Crippen molar-refractivity contribution in [2.75, 3.05) is 33.8 Å². The molecule has 0 aromatic heterocycles. The Hall–Kier alpha value is -1.26. The van der Waals surface area contributed by atoms with Gasteiger partial charge in [-0.2, -0.15) is 0 Å². The maximum Gasteiger partial charge on any atom is 0.120 e. The third-order valence-electron chi connectivity index (χ3n) is 4.19. The van der Waals surface area contributed by atoms with E-state index in [0.29, 0.717) is 5.75 Å². The second-order valence-electron chi connectivity index (χ2n) is 5.61. The maximum atomic E-state index is 9.94. The Kier molecular flexibility index (Phi) is 5.68. The van der Waals surface area contributed by atoms with E-state index in [2.05, 4.69) is 10.2 Å². The van der Waals surface area contributed by atoms with Crippen molar-refractivity contribution in [1.29, 1.82) is 0 Å². The first-order valence-corrected chi connectivity index (χ1v) is 7.45. The molecule has 0 spiro atoms. The highest BCUT2D eigenvalue weighted by molar-refractivity contribution is 5.39. The lowest BCUT2D eigenvalue weighted by atomic mass is 9.93. The van der Waals surface area contributed by atoms with E-state index in [4.69, 9.17) is 4.74 Å². The van der Waals surface area contributed by atoms with Crippen LogP contribution in [0, 0.1) is 5.92 Å². The van der Waals surface area contributed by atoms with Gasteiger partial charge in [-0.15, -0.1) is 0 Å². The number of nitrogens with zero attached hydrogens (tertiary/aromatic N) is 1. The van der Waals surface area contributed by atoms with Gasteiger partial charge in [-0.25, -0.2) is 0 Å². The van der Waals surface area contributed by atoms with Crippen LogP contribution in [0.15, 0.2) is 18.2 Å². The van der Waals surface area contributed by atoms with Crippen LogP contribution in [0.4, 0.5) is 0 Å². The zero-order chi connectivity index (χ0) is 14.4. The minimum atomic E-state index is 0.364. The van der Waals surface area contributed by atoms with Gasteiger partial charge in [0.25, 0.3) is 0 Å². The number of hydrogen-bond acceptors (Lipinski definition) is 4. The summed E-state index contributed by atoms with van der Waals surface area (Å²) in [5.41, 5.74) is 0.957. The fourth-order valence-corrected chi connectivity index (χ4v) is 2.84. The lowest BCUT2D eigenvalue weighted by molar-refractivity contribution is 0.171. The van der Waals surface area contributed by atoms with Gasteiger partial charge in [0.15, 0.2) is 0 Å². The normalized spacial score (nSPS) is 17.3. The van der Waals surface area contributed by atoms with Crippen LogP contribution in [0.5, 0.6) is 11.5 Å². The molecule has 0 radical (unpaired) electrons. The number of piperidine rings is 1. The molecule has 1 aromatic carbocycles. The van der Waals surface area contributed by atoms with Gasteiger partial charge in [0.1, 0.15) is 11.5 Å². The van der Waals surface area contributed by atoms with E-state index in [1.54, 1.807) is 19.2 Å². The number of phenolic OH excluding ortho intramolecular Hbond substituents is 1. The van der Waals surface area contributed by atoms with Crippen LogP contribution >= 0.6 is 0 Å². The highest BCUT2D eigenvalue weighted by atomic mass is 16.5. The molecule has 2 N–H and O–H groups in total. The number of aromatic hydroxyl groups is 1. The minimum Gasteiger partial charge on any atom is -0.508 e. The van der Waals surface area contributed by atoms with Crippen LogP contribution < -0.4 is 10.1 Å². The van der Waals surface area contributed by atoms with E-state index >= 15 is 0 Å². The van der Waals surface area contributed by atoms with E-state index in [0.717, 1.165) is 43.4 Å². The Labute approximate surface area is 121 Å². The predicted molar refractivity (Wildman–Crippen MR) is 81.2 cm³/mol. The molecular weight excluding hydrogens is 252 g/mol. The number of benzene rings is 1. The summed E-state index contributed by atoms with van der Waals surface area (Å²) in [6.45, 7) is 4.15. The van der Waals surface area contributed by atoms with Crippen LogP contribution in [0.2, 0.25) is 0 Å². The molecule has 4 nitrogen and oxygen atoms in total. The molecule has 0 unspecified atom stereocenters. The van der Waals surface area contributed by atoms with Gasteiger partial charge < -0.3 is 15.2 Å². The van der Waals surface area contributed by atoms with Gasteiger partial charge in [0, 0.05) is 12.1 Å². The molecule has 1 saturated heterocycles. The fraction of sp³-hybridized carbons (Fsp3) is 0.625. The van der Waals surface area contributed by atoms with Crippen molar-refractivity contribution in [1.82, 2.24) is 10.2 Å². The highest BCUT2D eigenvalue weighted by Crippen LogP contribution is 2.27. The molecule has 2 rings (SSSR count). The van der Waals surface area contributed by atoms with Gasteiger partial charge in [-0.3, -0.25) is 4.90 Å². The van der Waals surface area contributed by atoms with Crippen LogP contribution in [0.3, 0.4) is 0 Å². The first-order chi connectivity index (χ1) is 9.72. The van der Waals surface area contributed by atoms with Crippen molar-refractivity contribution < 1.29 is 9.84 Å². The molecule has 1 aliphatic rings. The maximum absolute atomic E-state index is 9.94. The average Bonchev–Trinajstić information content (AvgIpc) is 2.49. The molecule has 0 amide bonds. The van der Waals surface area contributed by atoms with E-state index in [1.165, 1.54) is 19.3 Å². The zero-order valence-electron chi connectivity index (χ0n) is 12.6. The number of methoxy groups -OCH3 is 1. The molecule has 0 aliphatic carbocycles. The molecule has 112 valence electrons. The predicted octanol–water partition coefficient (Wildman–Crippen LogP) is 2.22. The summed E-state index contributed by atoms with van der Waals surface area (Å²) in [5.74, 6) is 2.02. The summed E-state index contributed by atoms with van der Waals surface area (Å²) in [6.07, 6.45) is 3.79. The van der Waals surface area contributed by atoms with Crippen molar-refractivity contribution in [2.45, 2.75) is 25.8 Å². The topological polar surface area (TPSA) is 44.7 Å². The first kappa shape index (κ1) is 15.1. The number of nitrogens with one attached hydrogen (secondary N) is 1. The van der Waals surface area contributed by atoms with Crippen LogP contribution in [-0.2, 0) is 6.54 Å². The van der Waals surface area contributed by atoms with Crippen molar-refractivity contribution in [2.24, 2.45) is 5.92 Å². The Morgan fingerprint density at radius 3 is 2.75 bits per heavy atom. The smallest absolute Gasteiger partial charge is 0.120 e. The molecule has 1 heterocycles. The Bertz CT molecular complexity index is 415. The monoisotopic (exact) mass is 278 g/mol. The Morgan fingerprint density at radius 1 is 1.35 bits per heavy atom.